The van der Waals surface area contributed by atoms with Crippen molar-refractivity contribution in [3.63, 3.8) is 0 Å². The Balaban J connectivity index is 1.72. The SMILES string of the molecule is COc1ccccc1N1CCN(C(=O)c2c[nH]c(=O)[nH]c2=O)CC1. The smallest absolute Gasteiger partial charge is 0.325 e. The van der Waals surface area contributed by atoms with Gasteiger partial charge >= 0.3 is 5.69 Å². The van der Waals surface area contributed by atoms with Crippen molar-refractivity contribution in [3.8, 4) is 5.75 Å². The van der Waals surface area contributed by atoms with E-state index >= 15 is 0 Å². The number of hydrogen-bond donors (Lipinski definition) is 2. The van der Waals surface area contributed by atoms with E-state index in [2.05, 4.69) is 14.9 Å². The largest absolute Gasteiger partial charge is 0.495 e. The van der Waals surface area contributed by atoms with E-state index in [0.29, 0.717) is 26.2 Å². The van der Waals surface area contributed by atoms with Gasteiger partial charge < -0.3 is 19.5 Å². The van der Waals surface area contributed by atoms with Crippen LogP contribution in [0.2, 0.25) is 0 Å². The molecule has 0 atom stereocenters. The summed E-state index contributed by atoms with van der Waals surface area (Å²) in [6, 6.07) is 7.72. The molecule has 1 aromatic heterocycles. The van der Waals surface area contributed by atoms with Gasteiger partial charge in [-0.25, -0.2) is 4.79 Å². The number of carbonyl (C=O) groups excluding carboxylic acids is 1. The van der Waals surface area contributed by atoms with Crippen LogP contribution < -0.4 is 20.9 Å². The highest BCUT2D eigenvalue weighted by molar-refractivity contribution is 5.93. The summed E-state index contributed by atoms with van der Waals surface area (Å²) in [5.74, 6) is 0.404. The number of benzene rings is 1. The van der Waals surface area contributed by atoms with E-state index in [1.807, 2.05) is 24.3 Å². The lowest BCUT2D eigenvalue weighted by molar-refractivity contribution is 0.0744. The van der Waals surface area contributed by atoms with E-state index in [9.17, 15) is 14.4 Å². The number of aromatic nitrogens is 2. The zero-order valence-electron chi connectivity index (χ0n) is 13.2. The van der Waals surface area contributed by atoms with Gasteiger partial charge in [0, 0.05) is 32.4 Å². The fourth-order valence-electron chi connectivity index (χ4n) is 2.78. The van der Waals surface area contributed by atoms with Crippen molar-refractivity contribution in [3.05, 3.63) is 56.9 Å². The van der Waals surface area contributed by atoms with Crippen LogP contribution in [0, 0.1) is 0 Å². The maximum Gasteiger partial charge on any atom is 0.325 e. The van der Waals surface area contributed by atoms with Crippen LogP contribution in [0.1, 0.15) is 10.4 Å². The number of amides is 1. The number of nitrogens with one attached hydrogen (secondary N) is 2. The molecule has 1 saturated heterocycles. The van der Waals surface area contributed by atoms with Crippen molar-refractivity contribution in [1.29, 1.82) is 0 Å². The molecule has 2 aromatic rings. The van der Waals surface area contributed by atoms with Crippen molar-refractivity contribution < 1.29 is 9.53 Å². The molecule has 24 heavy (non-hydrogen) atoms. The number of para-hydroxylation sites is 2. The highest BCUT2D eigenvalue weighted by atomic mass is 16.5. The zero-order chi connectivity index (χ0) is 17.1. The lowest BCUT2D eigenvalue weighted by atomic mass is 10.2. The van der Waals surface area contributed by atoms with E-state index in [0.717, 1.165) is 17.6 Å². The van der Waals surface area contributed by atoms with Crippen LogP contribution in [-0.2, 0) is 0 Å². The highest BCUT2D eigenvalue weighted by Gasteiger charge is 2.25. The van der Waals surface area contributed by atoms with Gasteiger partial charge in [-0.05, 0) is 12.1 Å². The van der Waals surface area contributed by atoms with Gasteiger partial charge in [0.1, 0.15) is 11.3 Å². The van der Waals surface area contributed by atoms with E-state index in [4.69, 9.17) is 4.74 Å². The van der Waals surface area contributed by atoms with Gasteiger partial charge in [-0.2, -0.15) is 0 Å². The lowest BCUT2D eigenvalue weighted by Gasteiger charge is -2.36. The molecule has 8 heteroatoms. The van der Waals surface area contributed by atoms with E-state index < -0.39 is 11.2 Å². The quantitative estimate of drug-likeness (QED) is 0.828. The number of carbonyl (C=O) groups is 1. The predicted molar refractivity (Wildman–Crippen MR) is 88.8 cm³/mol. The van der Waals surface area contributed by atoms with Gasteiger partial charge in [0.15, 0.2) is 0 Å². The molecule has 1 amide bonds. The molecule has 0 bridgehead atoms. The molecule has 0 unspecified atom stereocenters. The molecule has 2 heterocycles. The fraction of sp³-hybridized carbons (Fsp3) is 0.312. The molecular formula is C16H18N4O4. The van der Waals surface area contributed by atoms with Crippen LogP contribution in [0.5, 0.6) is 5.75 Å². The second-order valence-corrected chi connectivity index (χ2v) is 5.44. The number of nitrogens with zero attached hydrogens (tertiary/aromatic N) is 2. The summed E-state index contributed by atoms with van der Waals surface area (Å²) in [5.41, 5.74) is -0.372. The van der Waals surface area contributed by atoms with Crippen molar-refractivity contribution in [2.75, 3.05) is 38.2 Å². The van der Waals surface area contributed by atoms with Gasteiger partial charge in [0.05, 0.1) is 12.8 Å². The average molecular weight is 330 g/mol. The average Bonchev–Trinajstić information content (AvgIpc) is 2.61. The number of rotatable bonds is 3. The highest BCUT2D eigenvalue weighted by Crippen LogP contribution is 2.28. The Labute approximate surface area is 137 Å². The summed E-state index contributed by atoms with van der Waals surface area (Å²) in [6.45, 7) is 2.23. The molecule has 3 rings (SSSR count). The summed E-state index contributed by atoms with van der Waals surface area (Å²) in [6.07, 6.45) is 1.16. The molecule has 126 valence electrons. The van der Waals surface area contributed by atoms with Crippen LogP contribution in [0.25, 0.3) is 0 Å². The molecule has 0 radical (unpaired) electrons. The summed E-state index contributed by atoms with van der Waals surface area (Å²) in [5, 5.41) is 0. The summed E-state index contributed by atoms with van der Waals surface area (Å²) >= 11 is 0. The maximum absolute atomic E-state index is 12.4. The molecular weight excluding hydrogens is 312 g/mol. The molecule has 8 nitrogen and oxygen atoms in total. The molecule has 1 aliphatic rings. The minimum Gasteiger partial charge on any atom is -0.495 e. The van der Waals surface area contributed by atoms with Crippen LogP contribution in [0.4, 0.5) is 5.69 Å². The van der Waals surface area contributed by atoms with Crippen LogP contribution in [0.3, 0.4) is 0 Å². The van der Waals surface area contributed by atoms with Gasteiger partial charge in [-0.1, -0.05) is 12.1 Å². The number of aromatic amines is 2. The first-order valence-electron chi connectivity index (χ1n) is 7.59. The summed E-state index contributed by atoms with van der Waals surface area (Å²) < 4.78 is 5.37. The van der Waals surface area contributed by atoms with Crippen molar-refractivity contribution in [2.24, 2.45) is 0 Å². The minimum absolute atomic E-state index is 0.0552. The maximum atomic E-state index is 12.4. The molecule has 0 aliphatic carbocycles. The Morgan fingerprint density at radius 3 is 2.50 bits per heavy atom. The molecule has 2 N–H and O–H groups in total. The van der Waals surface area contributed by atoms with Gasteiger partial charge in [-0.3, -0.25) is 14.6 Å². The second-order valence-electron chi connectivity index (χ2n) is 5.44. The number of methoxy groups -OCH3 is 1. The molecule has 1 fully saturated rings. The van der Waals surface area contributed by atoms with Crippen LogP contribution in [-0.4, -0.2) is 54.1 Å². The van der Waals surface area contributed by atoms with Gasteiger partial charge in [-0.15, -0.1) is 0 Å². The Morgan fingerprint density at radius 1 is 1.12 bits per heavy atom. The number of ether oxygens (including phenoxy) is 1. The third kappa shape index (κ3) is 3.03. The molecule has 0 saturated carbocycles. The molecule has 1 aromatic carbocycles. The normalized spacial score (nSPS) is 14.5. The molecule has 0 spiro atoms. The Morgan fingerprint density at radius 2 is 1.83 bits per heavy atom. The number of H-pyrrole nitrogens is 2. The fourth-order valence-corrected chi connectivity index (χ4v) is 2.78. The van der Waals surface area contributed by atoms with Crippen molar-refractivity contribution >= 4 is 11.6 Å². The first-order chi connectivity index (χ1) is 11.6. The topological polar surface area (TPSA) is 98.5 Å². The number of anilines is 1. The Bertz CT molecular complexity index is 849. The lowest BCUT2D eigenvalue weighted by Crippen LogP contribution is -2.50. The van der Waals surface area contributed by atoms with Crippen LogP contribution >= 0.6 is 0 Å². The van der Waals surface area contributed by atoms with Gasteiger partial charge in [0.2, 0.25) is 0 Å². The minimum atomic E-state index is -0.670. The van der Waals surface area contributed by atoms with Crippen LogP contribution in [0.15, 0.2) is 40.1 Å². The first-order valence-corrected chi connectivity index (χ1v) is 7.59. The predicted octanol–water partition coefficient (Wildman–Crippen LogP) is 0.0342. The Hall–Kier alpha value is -3.03. The van der Waals surface area contributed by atoms with E-state index in [-0.39, 0.29) is 11.5 Å². The second kappa shape index (κ2) is 6.61. The monoisotopic (exact) mass is 330 g/mol. The van der Waals surface area contributed by atoms with Crippen molar-refractivity contribution in [2.45, 2.75) is 0 Å². The third-order valence-electron chi connectivity index (χ3n) is 4.04. The third-order valence-corrected chi connectivity index (χ3v) is 4.04. The summed E-state index contributed by atoms with van der Waals surface area (Å²) in [7, 11) is 1.63. The first kappa shape index (κ1) is 15.9. The zero-order valence-corrected chi connectivity index (χ0v) is 13.2. The van der Waals surface area contributed by atoms with Crippen molar-refractivity contribution in [1.82, 2.24) is 14.9 Å². The standard InChI is InChI=1S/C16H18N4O4/c1-24-13-5-3-2-4-12(13)19-6-8-20(9-7-19)15(22)11-10-17-16(23)18-14(11)21/h2-5,10H,6-9H2,1H3,(H2,17,18,21,23). The summed E-state index contributed by atoms with van der Waals surface area (Å²) in [4.78, 5) is 43.4. The number of hydrogen-bond acceptors (Lipinski definition) is 5. The van der Waals surface area contributed by atoms with Gasteiger partial charge in [0.25, 0.3) is 11.5 Å². The number of piperazine rings is 1. The molecule has 1 aliphatic heterocycles. The van der Waals surface area contributed by atoms with E-state index in [1.54, 1.807) is 12.0 Å². The Kier molecular flexibility index (Phi) is 4.37. The van der Waals surface area contributed by atoms with E-state index in [1.165, 1.54) is 0 Å².